The molecular formula is C18H15ClF3N3O2S. The molecule has 0 bridgehead atoms. The van der Waals surface area contributed by atoms with Gasteiger partial charge < -0.3 is 4.98 Å². The molecule has 148 valence electrons. The van der Waals surface area contributed by atoms with Crippen LogP contribution in [0.4, 0.5) is 13.2 Å². The highest BCUT2D eigenvalue weighted by molar-refractivity contribution is 7.89. The average Bonchev–Trinajstić information content (AvgIpc) is 3.27. The second-order valence-electron chi connectivity index (χ2n) is 6.56. The van der Waals surface area contributed by atoms with E-state index in [1.54, 1.807) is 6.07 Å². The fourth-order valence-corrected chi connectivity index (χ4v) is 5.60. The van der Waals surface area contributed by atoms with E-state index in [1.165, 1.54) is 4.31 Å². The number of hydrogen-bond donors (Lipinski definition) is 1. The molecule has 0 unspecified atom stereocenters. The molecule has 2 aromatic carbocycles. The van der Waals surface area contributed by atoms with Crippen LogP contribution < -0.4 is 0 Å². The maximum absolute atomic E-state index is 13.2. The number of benzene rings is 2. The number of imidazole rings is 1. The van der Waals surface area contributed by atoms with E-state index in [1.807, 2.05) is 18.2 Å². The number of nitrogens with one attached hydrogen (secondary N) is 1. The van der Waals surface area contributed by atoms with E-state index in [0.717, 1.165) is 17.6 Å². The molecule has 0 radical (unpaired) electrons. The molecule has 0 amide bonds. The Hall–Kier alpha value is -2.10. The second-order valence-corrected chi connectivity index (χ2v) is 8.82. The van der Waals surface area contributed by atoms with Crippen LogP contribution in [0.15, 0.2) is 47.4 Å². The van der Waals surface area contributed by atoms with Gasteiger partial charge in [-0.1, -0.05) is 23.7 Å². The Labute approximate surface area is 164 Å². The van der Waals surface area contributed by atoms with E-state index in [9.17, 15) is 21.6 Å². The van der Waals surface area contributed by atoms with Crippen LogP contribution in [0.25, 0.3) is 11.0 Å². The minimum absolute atomic E-state index is 0.177. The van der Waals surface area contributed by atoms with Crippen molar-refractivity contribution in [3.8, 4) is 0 Å². The van der Waals surface area contributed by atoms with Gasteiger partial charge in [0.25, 0.3) is 0 Å². The molecule has 1 aliphatic rings. The van der Waals surface area contributed by atoms with Crippen LogP contribution >= 0.6 is 11.6 Å². The van der Waals surface area contributed by atoms with E-state index < -0.39 is 32.7 Å². The van der Waals surface area contributed by atoms with E-state index in [4.69, 9.17) is 11.6 Å². The van der Waals surface area contributed by atoms with Crippen LogP contribution in [-0.4, -0.2) is 29.2 Å². The van der Waals surface area contributed by atoms with Crippen molar-refractivity contribution in [2.75, 3.05) is 6.54 Å². The summed E-state index contributed by atoms with van der Waals surface area (Å²) >= 11 is 5.97. The maximum atomic E-state index is 13.2. The van der Waals surface area contributed by atoms with Crippen molar-refractivity contribution in [1.29, 1.82) is 0 Å². The number of nitrogens with zero attached hydrogens (tertiary/aromatic N) is 2. The normalized spacial score (nSPS) is 18.8. The van der Waals surface area contributed by atoms with Crippen LogP contribution in [0, 0.1) is 0 Å². The molecule has 1 atom stereocenters. The zero-order valence-electron chi connectivity index (χ0n) is 14.4. The molecule has 3 aromatic rings. The third-order valence-electron chi connectivity index (χ3n) is 4.77. The van der Waals surface area contributed by atoms with E-state index >= 15 is 0 Å². The van der Waals surface area contributed by atoms with Crippen molar-refractivity contribution in [3.63, 3.8) is 0 Å². The summed E-state index contributed by atoms with van der Waals surface area (Å²) in [5.74, 6) is 0.463. The molecule has 2 heterocycles. The molecule has 4 rings (SSSR count). The average molecular weight is 430 g/mol. The first-order valence-corrected chi connectivity index (χ1v) is 10.3. The lowest BCUT2D eigenvalue weighted by atomic mass is 10.2. The largest absolute Gasteiger partial charge is 0.416 e. The van der Waals surface area contributed by atoms with Crippen LogP contribution in [0.5, 0.6) is 0 Å². The second kappa shape index (κ2) is 6.75. The van der Waals surface area contributed by atoms with Gasteiger partial charge in [-0.05, 0) is 43.2 Å². The van der Waals surface area contributed by atoms with Gasteiger partial charge in [0.15, 0.2) is 0 Å². The molecule has 5 nitrogen and oxygen atoms in total. The summed E-state index contributed by atoms with van der Waals surface area (Å²) < 4.78 is 66.7. The lowest BCUT2D eigenvalue weighted by Crippen LogP contribution is -2.31. The van der Waals surface area contributed by atoms with E-state index in [-0.39, 0.29) is 11.6 Å². The molecule has 1 N–H and O–H groups in total. The first-order chi connectivity index (χ1) is 13.2. The minimum atomic E-state index is -4.67. The summed E-state index contributed by atoms with van der Waals surface area (Å²) in [6, 6.07) is 8.99. The van der Waals surface area contributed by atoms with Crippen molar-refractivity contribution in [3.05, 3.63) is 58.9 Å². The number of aromatic amines is 1. The summed E-state index contributed by atoms with van der Waals surface area (Å²) in [5.41, 5.74) is 0.396. The molecule has 0 aliphatic carbocycles. The van der Waals surface area contributed by atoms with Crippen LogP contribution in [0.3, 0.4) is 0 Å². The molecular weight excluding hydrogens is 415 g/mol. The lowest BCUT2D eigenvalue weighted by Gasteiger charge is -2.23. The van der Waals surface area contributed by atoms with Crippen molar-refractivity contribution in [1.82, 2.24) is 14.3 Å². The number of H-pyrrole nitrogens is 1. The Balaban J connectivity index is 1.76. The number of fused-ring (bicyclic) bond motifs is 1. The van der Waals surface area contributed by atoms with Crippen molar-refractivity contribution in [2.24, 2.45) is 0 Å². The summed E-state index contributed by atoms with van der Waals surface area (Å²) in [4.78, 5) is 7.02. The molecule has 1 saturated heterocycles. The molecule has 10 heteroatoms. The highest BCUT2D eigenvalue weighted by atomic mass is 35.5. The highest BCUT2D eigenvalue weighted by Gasteiger charge is 2.40. The summed E-state index contributed by atoms with van der Waals surface area (Å²) in [6.45, 7) is 0.177. The third kappa shape index (κ3) is 3.27. The molecule has 1 aliphatic heterocycles. The minimum Gasteiger partial charge on any atom is -0.341 e. The topological polar surface area (TPSA) is 66.1 Å². The predicted octanol–water partition coefficient (Wildman–Crippen LogP) is 4.76. The molecule has 28 heavy (non-hydrogen) atoms. The van der Waals surface area contributed by atoms with Crippen molar-refractivity contribution < 1.29 is 21.6 Å². The number of hydrogen-bond acceptors (Lipinski definition) is 3. The number of halogens is 4. The lowest BCUT2D eigenvalue weighted by molar-refractivity contribution is -0.137. The van der Waals surface area contributed by atoms with E-state index in [0.29, 0.717) is 30.2 Å². The standard InChI is InChI=1S/C18H15ClF3N3O2S/c19-12-8-7-11(18(20,21)22)10-16(12)28(26,27)25-9-3-6-15(25)17-23-13-4-1-2-5-14(13)24-17/h1-2,4-5,7-8,10,15H,3,6,9H2,(H,23,24)/t15-/m1/s1. The Kier molecular flexibility index (Phi) is 4.64. The molecule has 1 fully saturated rings. The smallest absolute Gasteiger partial charge is 0.341 e. The van der Waals surface area contributed by atoms with Gasteiger partial charge >= 0.3 is 6.18 Å². The van der Waals surface area contributed by atoms with Gasteiger partial charge in [0.2, 0.25) is 10.0 Å². The van der Waals surface area contributed by atoms with Gasteiger partial charge in [-0.2, -0.15) is 17.5 Å². The molecule has 0 saturated carbocycles. The van der Waals surface area contributed by atoms with Crippen LogP contribution in [0.1, 0.15) is 30.3 Å². The predicted molar refractivity (Wildman–Crippen MR) is 98.4 cm³/mol. The van der Waals surface area contributed by atoms with Crippen molar-refractivity contribution >= 4 is 32.7 Å². The SMILES string of the molecule is O=S(=O)(c1cc(C(F)(F)F)ccc1Cl)N1CCC[C@@H]1c1nc2ccccc2[nH]1. The third-order valence-corrected chi connectivity index (χ3v) is 7.16. The Bertz CT molecular complexity index is 1110. The number of sulfonamides is 1. The highest BCUT2D eigenvalue weighted by Crippen LogP contribution is 2.39. The number of alkyl halides is 3. The summed E-state index contributed by atoms with van der Waals surface area (Å²) in [7, 11) is -4.25. The van der Waals surface area contributed by atoms with Gasteiger partial charge in [-0.15, -0.1) is 0 Å². The van der Waals surface area contributed by atoms with Gasteiger partial charge in [-0.3, -0.25) is 0 Å². The fraction of sp³-hybridized carbons (Fsp3) is 0.278. The van der Waals surface area contributed by atoms with Crippen LogP contribution in [0.2, 0.25) is 5.02 Å². The quantitative estimate of drug-likeness (QED) is 0.652. The zero-order valence-corrected chi connectivity index (χ0v) is 15.9. The first kappa shape index (κ1) is 19.2. The summed E-state index contributed by atoms with van der Waals surface area (Å²) in [5, 5.41) is -0.247. The van der Waals surface area contributed by atoms with E-state index in [2.05, 4.69) is 9.97 Å². The van der Waals surface area contributed by atoms with Gasteiger partial charge in [0, 0.05) is 6.54 Å². The first-order valence-electron chi connectivity index (χ1n) is 8.51. The Morgan fingerprint density at radius 2 is 1.93 bits per heavy atom. The molecule has 0 spiro atoms. The Morgan fingerprint density at radius 3 is 2.64 bits per heavy atom. The van der Waals surface area contributed by atoms with Gasteiger partial charge in [0.1, 0.15) is 10.7 Å². The number of para-hydroxylation sites is 2. The fourth-order valence-electron chi connectivity index (χ4n) is 3.44. The maximum Gasteiger partial charge on any atom is 0.416 e. The number of rotatable bonds is 3. The molecule has 1 aromatic heterocycles. The van der Waals surface area contributed by atoms with Gasteiger partial charge in [-0.25, -0.2) is 13.4 Å². The number of aromatic nitrogens is 2. The zero-order chi connectivity index (χ0) is 20.1. The Morgan fingerprint density at radius 1 is 1.18 bits per heavy atom. The van der Waals surface area contributed by atoms with Gasteiger partial charge in [0.05, 0.1) is 27.7 Å². The summed E-state index contributed by atoms with van der Waals surface area (Å²) in [6.07, 6.45) is -3.59. The monoisotopic (exact) mass is 429 g/mol. The van der Waals surface area contributed by atoms with Crippen LogP contribution in [-0.2, 0) is 16.2 Å². The van der Waals surface area contributed by atoms with Crippen molar-refractivity contribution in [2.45, 2.75) is 30.0 Å².